The molecule has 4 rings (SSSR count). The van der Waals surface area contributed by atoms with Crippen LogP contribution in [0.2, 0.25) is 10.0 Å². The molecule has 2 saturated heterocycles. The summed E-state index contributed by atoms with van der Waals surface area (Å²) in [5.41, 5.74) is 2.16. The molecule has 2 fully saturated rings. The van der Waals surface area contributed by atoms with Gasteiger partial charge in [0.15, 0.2) is 0 Å². The molecule has 0 aliphatic carbocycles. The summed E-state index contributed by atoms with van der Waals surface area (Å²) in [6.45, 7) is 1.23. The second-order valence-corrected chi connectivity index (χ2v) is 8.66. The highest BCUT2D eigenvalue weighted by atomic mass is 35.5. The van der Waals surface area contributed by atoms with E-state index in [1.54, 1.807) is 0 Å². The number of halogens is 2. The molecule has 2 N–H and O–H groups in total. The van der Waals surface area contributed by atoms with Crippen molar-refractivity contribution in [2.75, 3.05) is 11.9 Å². The van der Waals surface area contributed by atoms with Crippen molar-refractivity contribution in [1.29, 1.82) is 0 Å². The minimum absolute atomic E-state index is 0.0375. The van der Waals surface area contributed by atoms with Crippen molar-refractivity contribution < 1.29 is 4.79 Å². The van der Waals surface area contributed by atoms with Crippen molar-refractivity contribution in [3.05, 3.63) is 64.1 Å². The Morgan fingerprint density at radius 2 is 1.71 bits per heavy atom. The van der Waals surface area contributed by atoms with Gasteiger partial charge in [0.2, 0.25) is 5.91 Å². The number of amides is 1. The van der Waals surface area contributed by atoms with Crippen molar-refractivity contribution in [3.63, 3.8) is 0 Å². The molecule has 28 heavy (non-hydrogen) atoms. The van der Waals surface area contributed by atoms with Gasteiger partial charge in [-0.3, -0.25) is 9.69 Å². The molecule has 1 amide bonds. The Bertz CT molecular complexity index is 813. The van der Waals surface area contributed by atoms with Gasteiger partial charge in [-0.1, -0.05) is 41.4 Å². The van der Waals surface area contributed by atoms with E-state index in [-0.39, 0.29) is 18.5 Å². The molecule has 3 atom stereocenters. The Balaban J connectivity index is 1.28. The zero-order valence-electron chi connectivity index (χ0n) is 15.7. The molecular weight excluding hydrogens is 393 g/mol. The molecule has 2 heterocycles. The molecule has 0 radical (unpaired) electrons. The van der Waals surface area contributed by atoms with Crippen LogP contribution >= 0.6 is 23.2 Å². The molecule has 2 aliphatic heterocycles. The normalized spacial score (nSPS) is 24.1. The van der Waals surface area contributed by atoms with E-state index in [0.29, 0.717) is 17.1 Å². The van der Waals surface area contributed by atoms with Crippen LogP contribution in [0.5, 0.6) is 0 Å². The van der Waals surface area contributed by atoms with Crippen molar-refractivity contribution in [2.45, 2.75) is 50.4 Å². The lowest BCUT2D eigenvalue weighted by Gasteiger charge is -2.39. The lowest BCUT2D eigenvalue weighted by Crippen LogP contribution is -2.50. The Hall–Kier alpha value is -1.75. The lowest BCUT2D eigenvalue weighted by molar-refractivity contribution is -0.120. The molecule has 4 nitrogen and oxygen atoms in total. The minimum atomic E-state index is 0.0375. The first-order valence-electron chi connectivity index (χ1n) is 9.86. The van der Waals surface area contributed by atoms with Crippen LogP contribution < -0.4 is 10.6 Å². The smallest absolute Gasteiger partial charge is 0.239 e. The fourth-order valence-corrected chi connectivity index (χ4v) is 4.83. The molecule has 2 aliphatic rings. The van der Waals surface area contributed by atoms with Crippen molar-refractivity contribution in [3.8, 4) is 0 Å². The molecule has 0 saturated carbocycles. The van der Waals surface area contributed by atoms with Gasteiger partial charge in [-0.2, -0.15) is 0 Å². The number of fused-ring (bicyclic) bond motifs is 2. The first-order chi connectivity index (χ1) is 13.6. The van der Waals surface area contributed by atoms with E-state index in [4.69, 9.17) is 23.2 Å². The van der Waals surface area contributed by atoms with E-state index in [0.717, 1.165) is 30.1 Å². The highest BCUT2D eigenvalue weighted by molar-refractivity contribution is 6.31. The second-order valence-electron chi connectivity index (χ2n) is 7.78. The van der Waals surface area contributed by atoms with Gasteiger partial charge in [0.1, 0.15) is 0 Å². The van der Waals surface area contributed by atoms with Crippen LogP contribution in [-0.4, -0.2) is 35.5 Å². The second kappa shape index (κ2) is 8.73. The van der Waals surface area contributed by atoms with Gasteiger partial charge in [0, 0.05) is 40.4 Å². The van der Waals surface area contributed by atoms with Crippen LogP contribution in [0.4, 0.5) is 5.69 Å². The van der Waals surface area contributed by atoms with Crippen LogP contribution in [0.25, 0.3) is 0 Å². The third-order valence-electron chi connectivity index (χ3n) is 5.81. The average molecular weight is 418 g/mol. The monoisotopic (exact) mass is 417 g/mol. The third kappa shape index (κ3) is 4.80. The molecule has 1 unspecified atom stereocenters. The molecular formula is C22H25Cl2N3O. The molecule has 6 heteroatoms. The van der Waals surface area contributed by atoms with Crippen molar-refractivity contribution in [2.24, 2.45) is 0 Å². The van der Waals surface area contributed by atoms with Crippen LogP contribution in [-0.2, 0) is 11.3 Å². The predicted octanol–water partition coefficient (Wildman–Crippen LogP) is 4.72. The quantitative estimate of drug-likeness (QED) is 0.714. The number of nitrogens with zero attached hydrogens (tertiary/aromatic N) is 1. The van der Waals surface area contributed by atoms with Gasteiger partial charge >= 0.3 is 0 Å². The topological polar surface area (TPSA) is 44.4 Å². The van der Waals surface area contributed by atoms with Gasteiger partial charge in [-0.25, -0.2) is 0 Å². The number of rotatable bonds is 6. The molecule has 148 valence electrons. The first kappa shape index (κ1) is 19.6. The average Bonchev–Trinajstić information content (AvgIpc) is 2.90. The predicted molar refractivity (Wildman–Crippen MR) is 115 cm³/mol. The van der Waals surface area contributed by atoms with Gasteiger partial charge in [0.25, 0.3) is 0 Å². The highest BCUT2D eigenvalue weighted by Gasteiger charge is 2.40. The highest BCUT2D eigenvalue weighted by Crippen LogP contribution is 2.37. The number of carbonyl (C=O) groups is 1. The number of anilines is 1. The summed E-state index contributed by atoms with van der Waals surface area (Å²) in [4.78, 5) is 15.0. The summed E-state index contributed by atoms with van der Waals surface area (Å²) < 4.78 is 0. The fourth-order valence-electron chi connectivity index (χ4n) is 4.51. The zero-order chi connectivity index (χ0) is 19.5. The van der Waals surface area contributed by atoms with Gasteiger partial charge in [0.05, 0.1) is 6.54 Å². The maximum atomic E-state index is 12.4. The Kier molecular flexibility index (Phi) is 6.10. The van der Waals surface area contributed by atoms with E-state index < -0.39 is 0 Å². The molecule has 0 aromatic heterocycles. The summed E-state index contributed by atoms with van der Waals surface area (Å²) in [6.07, 6.45) is 4.47. The van der Waals surface area contributed by atoms with E-state index in [1.165, 1.54) is 18.4 Å². The van der Waals surface area contributed by atoms with E-state index >= 15 is 0 Å². The fraction of sp³-hybridized carbons (Fsp3) is 0.409. The summed E-state index contributed by atoms with van der Waals surface area (Å²) >= 11 is 12.0. The number of piperidine rings is 1. The number of benzene rings is 2. The number of nitrogens with one attached hydrogen (secondary N) is 2. The number of hydrogen-bond acceptors (Lipinski definition) is 3. The Morgan fingerprint density at radius 3 is 2.39 bits per heavy atom. The summed E-state index contributed by atoms with van der Waals surface area (Å²) in [7, 11) is 0. The summed E-state index contributed by atoms with van der Waals surface area (Å²) in [5, 5.41) is 7.80. The maximum Gasteiger partial charge on any atom is 0.239 e. The Labute approximate surface area is 176 Å². The standard InChI is InChI=1S/C22H25Cl2N3O/c23-16-6-4-15(5-7-16)14-27-20-8-9-21(27)12-19(11-20)26-22(28)13-25-18-3-1-2-17(24)10-18/h1-7,10,19-21,25H,8-9,11-14H2,(H,26,28)/t19?,20-,21+. The summed E-state index contributed by atoms with van der Waals surface area (Å²) in [6, 6.07) is 16.9. The first-order valence-corrected chi connectivity index (χ1v) is 10.6. The van der Waals surface area contributed by atoms with Crippen LogP contribution in [0.1, 0.15) is 31.2 Å². The minimum Gasteiger partial charge on any atom is -0.376 e. The maximum absolute atomic E-state index is 12.4. The van der Waals surface area contributed by atoms with E-state index in [1.807, 2.05) is 36.4 Å². The molecule has 2 aromatic carbocycles. The number of hydrogen-bond donors (Lipinski definition) is 2. The number of carbonyl (C=O) groups excluding carboxylic acids is 1. The Morgan fingerprint density at radius 1 is 1.00 bits per heavy atom. The van der Waals surface area contributed by atoms with Crippen LogP contribution in [0.15, 0.2) is 48.5 Å². The van der Waals surface area contributed by atoms with Crippen molar-refractivity contribution in [1.82, 2.24) is 10.2 Å². The molecule has 0 spiro atoms. The SMILES string of the molecule is O=C(CNc1cccc(Cl)c1)NC1C[C@H]2CC[C@@H](C1)N2Cc1ccc(Cl)cc1. The van der Waals surface area contributed by atoms with Gasteiger partial charge in [-0.15, -0.1) is 0 Å². The van der Waals surface area contributed by atoms with Crippen LogP contribution in [0.3, 0.4) is 0 Å². The van der Waals surface area contributed by atoms with Gasteiger partial charge in [-0.05, 0) is 61.6 Å². The summed E-state index contributed by atoms with van der Waals surface area (Å²) in [5.74, 6) is 0.0375. The molecule has 2 aromatic rings. The lowest BCUT2D eigenvalue weighted by atomic mass is 9.96. The van der Waals surface area contributed by atoms with Gasteiger partial charge < -0.3 is 10.6 Å². The van der Waals surface area contributed by atoms with E-state index in [9.17, 15) is 4.79 Å². The largest absolute Gasteiger partial charge is 0.376 e. The molecule has 2 bridgehead atoms. The van der Waals surface area contributed by atoms with Crippen molar-refractivity contribution >= 4 is 34.8 Å². The van der Waals surface area contributed by atoms with Crippen LogP contribution in [0, 0.1) is 0 Å². The zero-order valence-corrected chi connectivity index (χ0v) is 17.2. The third-order valence-corrected chi connectivity index (χ3v) is 6.29. The van der Waals surface area contributed by atoms with E-state index in [2.05, 4.69) is 27.7 Å².